The number of carbonyl (C=O) groups is 3. The normalized spacial score (nSPS) is 29.7. The number of Topliss-reactive ketones (excluding diaryl/α,β-unsaturated/α-hetero) is 3. The zero-order chi connectivity index (χ0) is 23.7. The molecular weight excluding hydrogens is 416 g/mol. The number of carbonyl (C=O) groups excluding carboxylic acids is 3. The molecule has 0 spiro atoms. The third kappa shape index (κ3) is 3.80. The summed E-state index contributed by atoms with van der Waals surface area (Å²) in [6, 6.07) is 15.6. The van der Waals surface area contributed by atoms with E-state index >= 15 is 0 Å². The van der Waals surface area contributed by atoms with Gasteiger partial charge in [0.1, 0.15) is 6.10 Å². The molecule has 32 heavy (non-hydrogen) atoms. The molecule has 2 unspecified atom stereocenters. The second-order valence-electron chi connectivity index (χ2n) is 8.14. The van der Waals surface area contributed by atoms with Crippen LogP contribution in [0.25, 0.3) is 0 Å². The molecule has 0 aliphatic carbocycles. The number of hydrogen-bond acceptors (Lipinski definition) is 8. The van der Waals surface area contributed by atoms with Gasteiger partial charge in [0.2, 0.25) is 0 Å². The van der Waals surface area contributed by atoms with E-state index < -0.39 is 59.4 Å². The predicted octanol–water partition coefficient (Wildman–Crippen LogP) is 0.765. The van der Waals surface area contributed by atoms with Crippen molar-refractivity contribution in [1.82, 2.24) is 0 Å². The van der Waals surface area contributed by atoms with Crippen molar-refractivity contribution in [2.45, 2.75) is 37.4 Å². The van der Waals surface area contributed by atoms with Gasteiger partial charge in [-0.15, -0.1) is 0 Å². The monoisotopic (exact) mass is 442 g/mol. The summed E-state index contributed by atoms with van der Waals surface area (Å²) in [5.74, 6) is -4.79. The third-order valence-electron chi connectivity index (χ3n) is 6.21. The Morgan fingerprint density at radius 2 is 1.38 bits per heavy atom. The van der Waals surface area contributed by atoms with E-state index in [0.29, 0.717) is 5.56 Å². The van der Waals surface area contributed by atoms with E-state index in [2.05, 4.69) is 0 Å². The maximum absolute atomic E-state index is 13.5. The summed E-state index contributed by atoms with van der Waals surface area (Å²) in [6.07, 6.45) is -4.36. The van der Waals surface area contributed by atoms with Crippen molar-refractivity contribution in [2.75, 3.05) is 6.61 Å². The zero-order valence-electron chi connectivity index (χ0n) is 17.7. The van der Waals surface area contributed by atoms with Crippen LogP contribution in [-0.2, 0) is 9.53 Å². The number of benzene rings is 2. The lowest BCUT2D eigenvalue weighted by molar-refractivity contribution is -0.301. The molecule has 0 aromatic heterocycles. The molecule has 1 heterocycles. The lowest BCUT2D eigenvalue weighted by atomic mass is 9.66. The van der Waals surface area contributed by atoms with E-state index in [1.165, 1.54) is 38.1 Å². The van der Waals surface area contributed by atoms with Gasteiger partial charge in [-0.25, -0.2) is 0 Å². The molecule has 170 valence electrons. The maximum atomic E-state index is 13.5. The average molecular weight is 442 g/mol. The highest BCUT2D eigenvalue weighted by atomic mass is 16.6. The summed E-state index contributed by atoms with van der Waals surface area (Å²) < 4.78 is 4.91. The minimum absolute atomic E-state index is 0.0329. The molecule has 6 atom stereocenters. The molecule has 1 fully saturated rings. The van der Waals surface area contributed by atoms with E-state index in [9.17, 15) is 34.8 Å². The lowest BCUT2D eigenvalue weighted by Crippen LogP contribution is -2.77. The molecule has 2 aromatic carbocycles. The van der Waals surface area contributed by atoms with Crippen LogP contribution in [0.2, 0.25) is 0 Å². The van der Waals surface area contributed by atoms with Crippen LogP contribution in [0, 0.1) is 11.8 Å². The van der Waals surface area contributed by atoms with Gasteiger partial charge in [0, 0.05) is 23.0 Å². The Morgan fingerprint density at radius 1 is 0.875 bits per heavy atom. The van der Waals surface area contributed by atoms with Crippen molar-refractivity contribution in [2.24, 2.45) is 11.8 Å². The first-order valence-corrected chi connectivity index (χ1v) is 10.2. The van der Waals surface area contributed by atoms with Gasteiger partial charge >= 0.3 is 0 Å². The number of rotatable bonds is 7. The summed E-state index contributed by atoms with van der Waals surface area (Å²) in [5.41, 5.74) is -5.71. The summed E-state index contributed by atoms with van der Waals surface area (Å²) in [5, 5.41) is 43.2. The number of hydrogen-bond donors (Lipinski definition) is 4. The molecule has 1 aliphatic rings. The van der Waals surface area contributed by atoms with Crippen LogP contribution in [-0.4, -0.2) is 68.0 Å². The topological polar surface area (TPSA) is 141 Å². The second-order valence-corrected chi connectivity index (χ2v) is 8.14. The summed E-state index contributed by atoms with van der Waals surface area (Å²) in [7, 11) is 0. The molecule has 1 aliphatic heterocycles. The fourth-order valence-corrected chi connectivity index (χ4v) is 3.94. The zero-order valence-corrected chi connectivity index (χ0v) is 17.7. The molecule has 2 aromatic rings. The summed E-state index contributed by atoms with van der Waals surface area (Å²) in [6.45, 7) is 1.89. The quantitative estimate of drug-likeness (QED) is 0.461. The van der Waals surface area contributed by atoms with E-state index in [4.69, 9.17) is 4.74 Å². The van der Waals surface area contributed by atoms with Crippen LogP contribution < -0.4 is 0 Å². The average Bonchev–Trinajstić information content (AvgIpc) is 2.83. The first-order valence-electron chi connectivity index (χ1n) is 10.2. The predicted molar refractivity (Wildman–Crippen MR) is 113 cm³/mol. The molecule has 0 bridgehead atoms. The number of aliphatic hydroxyl groups excluding tert-OH is 2. The Hall–Kier alpha value is -2.75. The third-order valence-corrected chi connectivity index (χ3v) is 6.21. The van der Waals surface area contributed by atoms with E-state index in [0.717, 1.165) is 0 Å². The Labute approximate surface area is 185 Å². The Bertz CT molecular complexity index is 992. The van der Waals surface area contributed by atoms with Crippen molar-refractivity contribution in [3.05, 3.63) is 71.8 Å². The van der Waals surface area contributed by atoms with Crippen molar-refractivity contribution in [3.8, 4) is 0 Å². The van der Waals surface area contributed by atoms with Gasteiger partial charge in [-0.05, 0) is 0 Å². The highest BCUT2D eigenvalue weighted by molar-refractivity contribution is 6.10. The Balaban J connectivity index is 2.00. The second kappa shape index (κ2) is 9.01. The Morgan fingerprint density at radius 3 is 1.91 bits per heavy atom. The van der Waals surface area contributed by atoms with Crippen LogP contribution in [0.15, 0.2) is 60.7 Å². The van der Waals surface area contributed by atoms with Crippen LogP contribution >= 0.6 is 0 Å². The standard InChI is InChI=1S/C24H26O8/c1-14(18(25)16-9-5-3-6-10-16)15(2)19(26)24(31)21(28)22(29)32-13-23(24,30)20(27)17-11-7-4-8-12-17/h3-12,14-15,21-22,28-31H,13H2,1-2H3/t14?,15?,21-,22+,23+,24+/m0/s1. The smallest absolute Gasteiger partial charge is 0.200 e. The van der Waals surface area contributed by atoms with Crippen molar-refractivity contribution in [3.63, 3.8) is 0 Å². The molecule has 3 rings (SSSR count). The molecule has 0 radical (unpaired) electrons. The maximum Gasteiger partial charge on any atom is 0.200 e. The van der Waals surface area contributed by atoms with Crippen LogP contribution in [0.3, 0.4) is 0 Å². The highest BCUT2D eigenvalue weighted by Gasteiger charge is 2.68. The van der Waals surface area contributed by atoms with Gasteiger partial charge in [0.05, 0.1) is 6.61 Å². The number of aliphatic hydroxyl groups is 4. The van der Waals surface area contributed by atoms with Crippen LogP contribution in [0.1, 0.15) is 34.6 Å². The largest absolute Gasteiger partial charge is 0.384 e. The lowest BCUT2D eigenvalue weighted by Gasteiger charge is -2.49. The van der Waals surface area contributed by atoms with Gasteiger partial charge in [0.25, 0.3) is 0 Å². The van der Waals surface area contributed by atoms with Crippen molar-refractivity contribution < 1.29 is 39.5 Å². The minimum atomic E-state index is -3.12. The van der Waals surface area contributed by atoms with Crippen molar-refractivity contribution in [1.29, 1.82) is 0 Å². The fraction of sp³-hybridized carbons (Fsp3) is 0.375. The first kappa shape index (κ1) is 23.9. The van der Waals surface area contributed by atoms with Gasteiger partial charge in [-0.2, -0.15) is 0 Å². The van der Waals surface area contributed by atoms with E-state index in [1.54, 1.807) is 36.4 Å². The van der Waals surface area contributed by atoms with Crippen LogP contribution in [0.5, 0.6) is 0 Å². The van der Waals surface area contributed by atoms with E-state index in [1.807, 2.05) is 0 Å². The van der Waals surface area contributed by atoms with Gasteiger partial charge in [-0.3, -0.25) is 14.4 Å². The summed E-state index contributed by atoms with van der Waals surface area (Å²) in [4.78, 5) is 39.4. The molecule has 8 nitrogen and oxygen atoms in total. The SMILES string of the molecule is CC(C(=O)c1ccccc1)C(C)C(=O)[C@@]1(O)[C@@H](O)[C@H](O)OC[C@@]1(O)C(=O)c1ccccc1. The fourth-order valence-electron chi connectivity index (χ4n) is 3.94. The molecule has 1 saturated heterocycles. The molecule has 0 saturated carbocycles. The number of ether oxygens (including phenoxy) is 1. The first-order chi connectivity index (χ1) is 15.1. The van der Waals surface area contributed by atoms with Crippen molar-refractivity contribution >= 4 is 17.3 Å². The molecule has 4 N–H and O–H groups in total. The molecule has 8 heteroatoms. The van der Waals surface area contributed by atoms with Gasteiger partial charge in [0.15, 0.2) is 34.8 Å². The minimum Gasteiger partial charge on any atom is -0.384 e. The molecular formula is C24H26O8. The van der Waals surface area contributed by atoms with Crippen LogP contribution in [0.4, 0.5) is 0 Å². The summed E-state index contributed by atoms with van der Waals surface area (Å²) >= 11 is 0. The van der Waals surface area contributed by atoms with E-state index in [-0.39, 0.29) is 5.56 Å². The highest BCUT2D eigenvalue weighted by Crippen LogP contribution is 2.39. The van der Waals surface area contributed by atoms with Gasteiger partial charge < -0.3 is 25.2 Å². The van der Waals surface area contributed by atoms with Gasteiger partial charge in [-0.1, -0.05) is 74.5 Å². The number of ketones is 3. The molecule has 0 amide bonds. The Kier molecular flexibility index (Phi) is 6.73.